The average molecular weight is 324 g/mol. The number of aliphatic hydroxyl groups excluding tert-OH is 1. The maximum atomic E-state index is 10.6. The molecule has 3 nitrogen and oxygen atoms in total. The Labute approximate surface area is 142 Å². The molecule has 3 aliphatic rings. The Bertz CT molecular complexity index is 409. The van der Waals surface area contributed by atoms with Gasteiger partial charge in [0, 0.05) is 18.6 Å². The quantitative estimate of drug-likeness (QED) is 0.834. The zero-order valence-electron chi connectivity index (χ0n) is 15.8. The van der Waals surface area contributed by atoms with Gasteiger partial charge in [0.25, 0.3) is 0 Å². The van der Waals surface area contributed by atoms with E-state index in [9.17, 15) is 5.11 Å². The lowest BCUT2D eigenvalue weighted by Crippen LogP contribution is -2.49. The van der Waals surface area contributed by atoms with Gasteiger partial charge in [-0.3, -0.25) is 4.90 Å². The van der Waals surface area contributed by atoms with Crippen molar-refractivity contribution in [1.82, 2.24) is 4.90 Å². The number of hydrogen-bond acceptors (Lipinski definition) is 3. The lowest BCUT2D eigenvalue weighted by Gasteiger charge is -2.43. The summed E-state index contributed by atoms with van der Waals surface area (Å²) in [6, 6.07) is 1.18. The minimum atomic E-state index is -0.364. The molecule has 3 heteroatoms. The largest absolute Gasteiger partial charge is 0.389 e. The van der Waals surface area contributed by atoms with Gasteiger partial charge in [0.05, 0.1) is 18.8 Å². The first-order valence-corrected chi connectivity index (χ1v) is 9.79. The van der Waals surface area contributed by atoms with E-state index >= 15 is 0 Å². The van der Waals surface area contributed by atoms with Crippen molar-refractivity contribution >= 4 is 0 Å². The number of piperidine rings is 1. The van der Waals surface area contributed by atoms with Gasteiger partial charge in [-0.1, -0.05) is 27.2 Å². The highest BCUT2D eigenvalue weighted by molar-refractivity contribution is 5.09. The highest BCUT2D eigenvalue weighted by Gasteiger charge is 2.60. The van der Waals surface area contributed by atoms with E-state index in [1.165, 1.54) is 38.5 Å². The first-order chi connectivity index (χ1) is 10.7. The highest BCUT2D eigenvalue weighted by Crippen LogP contribution is 2.63. The molecule has 3 fully saturated rings. The zero-order valence-corrected chi connectivity index (χ0v) is 15.8. The molecule has 0 radical (unpaired) electrons. The topological polar surface area (TPSA) is 32.7 Å². The summed E-state index contributed by atoms with van der Waals surface area (Å²) in [5, 5.41) is 10.6. The summed E-state index contributed by atoms with van der Waals surface area (Å²) in [4.78, 5) is 2.48. The fourth-order valence-corrected chi connectivity index (χ4v) is 6.01. The van der Waals surface area contributed by atoms with Gasteiger partial charge < -0.3 is 9.84 Å². The first kappa shape index (κ1) is 17.7. The minimum Gasteiger partial charge on any atom is -0.389 e. The number of fused-ring (bicyclic) bond motifs is 2. The number of likely N-dealkylation sites (tertiary alicyclic amines) is 1. The van der Waals surface area contributed by atoms with Crippen LogP contribution in [0.1, 0.15) is 73.1 Å². The van der Waals surface area contributed by atoms with Crippen LogP contribution in [-0.4, -0.2) is 47.4 Å². The SMILES string of the molecule is C[C@@H]1CCC[C@H](C)N1C[C@@H](O)CO[C@@H]1C(C)(C)[C@H]2CC[C@@]1(C)C2. The molecule has 2 saturated carbocycles. The molecule has 2 aliphatic carbocycles. The second kappa shape index (κ2) is 6.31. The first-order valence-electron chi connectivity index (χ1n) is 9.79. The van der Waals surface area contributed by atoms with E-state index in [4.69, 9.17) is 4.74 Å². The van der Waals surface area contributed by atoms with Gasteiger partial charge in [0.1, 0.15) is 0 Å². The molecule has 6 atom stereocenters. The number of nitrogens with zero attached hydrogens (tertiary/aromatic N) is 1. The predicted molar refractivity (Wildman–Crippen MR) is 94.5 cm³/mol. The average Bonchev–Trinajstić information content (AvgIpc) is 2.94. The van der Waals surface area contributed by atoms with Crippen molar-refractivity contribution in [3.05, 3.63) is 0 Å². The van der Waals surface area contributed by atoms with Gasteiger partial charge in [-0.15, -0.1) is 0 Å². The molecular weight excluding hydrogens is 286 g/mol. The summed E-state index contributed by atoms with van der Waals surface area (Å²) in [6.45, 7) is 13.0. The van der Waals surface area contributed by atoms with Crippen molar-refractivity contribution in [2.24, 2.45) is 16.7 Å². The second-order valence-electron chi connectivity index (χ2n) is 9.61. The standard InChI is InChI=1S/C20H37NO2/c1-14-7-6-8-15(2)21(14)12-17(22)13-23-18-19(3,4)16-9-10-20(18,5)11-16/h14-18,22H,6-13H2,1-5H3/t14-,15+,16-,17+,18+,20-/m0/s1. The summed E-state index contributed by atoms with van der Waals surface area (Å²) in [5.41, 5.74) is 0.595. The Morgan fingerprint density at radius 2 is 1.78 bits per heavy atom. The van der Waals surface area contributed by atoms with Crippen LogP contribution < -0.4 is 0 Å². The minimum absolute atomic E-state index is 0.262. The molecule has 3 rings (SSSR count). The Balaban J connectivity index is 1.54. The van der Waals surface area contributed by atoms with Crippen LogP contribution in [0.15, 0.2) is 0 Å². The van der Waals surface area contributed by atoms with Crippen molar-refractivity contribution < 1.29 is 9.84 Å². The van der Waals surface area contributed by atoms with Crippen molar-refractivity contribution in [1.29, 1.82) is 0 Å². The van der Waals surface area contributed by atoms with Gasteiger partial charge in [0.15, 0.2) is 0 Å². The number of β-amino-alcohol motifs (C(OH)–C–C–N with tert-alkyl or cyclic N) is 1. The smallest absolute Gasteiger partial charge is 0.0900 e. The third-order valence-corrected chi connectivity index (χ3v) is 7.39. The van der Waals surface area contributed by atoms with Crippen LogP contribution in [0.5, 0.6) is 0 Å². The molecule has 0 unspecified atom stereocenters. The molecule has 0 aromatic heterocycles. The van der Waals surface area contributed by atoms with E-state index < -0.39 is 0 Å². The number of hydrogen-bond donors (Lipinski definition) is 1. The summed E-state index contributed by atoms with van der Waals surface area (Å²) >= 11 is 0. The van der Waals surface area contributed by atoms with Gasteiger partial charge in [0.2, 0.25) is 0 Å². The summed E-state index contributed by atoms with van der Waals surface area (Å²) in [5.74, 6) is 0.803. The van der Waals surface area contributed by atoms with Gasteiger partial charge in [-0.2, -0.15) is 0 Å². The van der Waals surface area contributed by atoms with Crippen LogP contribution in [-0.2, 0) is 4.74 Å². The van der Waals surface area contributed by atoms with E-state index in [1.807, 2.05) is 0 Å². The maximum absolute atomic E-state index is 10.6. The highest BCUT2D eigenvalue weighted by atomic mass is 16.5. The number of rotatable bonds is 5. The van der Waals surface area contributed by atoms with E-state index in [-0.39, 0.29) is 11.5 Å². The van der Waals surface area contributed by atoms with Crippen LogP contribution in [0.3, 0.4) is 0 Å². The number of aliphatic hydroxyl groups is 1. The second-order valence-corrected chi connectivity index (χ2v) is 9.61. The van der Waals surface area contributed by atoms with Crippen molar-refractivity contribution in [3.8, 4) is 0 Å². The molecule has 1 aliphatic heterocycles. The van der Waals surface area contributed by atoms with Gasteiger partial charge in [-0.05, 0) is 62.7 Å². The van der Waals surface area contributed by atoms with E-state index in [0.717, 1.165) is 12.5 Å². The summed E-state index contributed by atoms with van der Waals surface area (Å²) in [7, 11) is 0. The van der Waals surface area contributed by atoms with E-state index in [2.05, 4.69) is 39.5 Å². The molecule has 1 N–H and O–H groups in total. The lowest BCUT2D eigenvalue weighted by molar-refractivity contribution is -0.116. The monoisotopic (exact) mass is 323 g/mol. The molecule has 0 aromatic carbocycles. The van der Waals surface area contributed by atoms with E-state index in [1.54, 1.807) is 0 Å². The third-order valence-electron chi connectivity index (χ3n) is 7.39. The number of ether oxygens (including phenoxy) is 1. The summed E-state index contributed by atoms with van der Waals surface area (Å²) in [6.07, 6.45) is 7.73. The molecule has 134 valence electrons. The summed E-state index contributed by atoms with van der Waals surface area (Å²) < 4.78 is 6.35. The van der Waals surface area contributed by atoms with Crippen molar-refractivity contribution in [2.45, 2.75) is 97.4 Å². The van der Waals surface area contributed by atoms with Gasteiger partial charge >= 0.3 is 0 Å². The van der Waals surface area contributed by atoms with Crippen LogP contribution >= 0.6 is 0 Å². The Hall–Kier alpha value is -0.120. The van der Waals surface area contributed by atoms with Crippen LogP contribution in [0.25, 0.3) is 0 Å². The predicted octanol–water partition coefficient (Wildman–Crippen LogP) is 3.84. The van der Waals surface area contributed by atoms with Crippen molar-refractivity contribution in [3.63, 3.8) is 0 Å². The molecule has 2 bridgehead atoms. The molecule has 1 heterocycles. The molecule has 0 spiro atoms. The normalized spacial score (nSPS) is 44.6. The molecule has 23 heavy (non-hydrogen) atoms. The van der Waals surface area contributed by atoms with Crippen molar-refractivity contribution in [2.75, 3.05) is 13.2 Å². The molecular formula is C20H37NO2. The Morgan fingerprint density at radius 1 is 1.13 bits per heavy atom. The molecule has 0 amide bonds. The fourth-order valence-electron chi connectivity index (χ4n) is 6.01. The fraction of sp³-hybridized carbons (Fsp3) is 1.00. The maximum Gasteiger partial charge on any atom is 0.0900 e. The Kier molecular flexibility index (Phi) is 4.85. The van der Waals surface area contributed by atoms with Crippen LogP contribution in [0.4, 0.5) is 0 Å². The molecule has 0 aromatic rings. The van der Waals surface area contributed by atoms with Crippen LogP contribution in [0.2, 0.25) is 0 Å². The van der Waals surface area contributed by atoms with Gasteiger partial charge in [-0.25, -0.2) is 0 Å². The zero-order chi connectivity index (χ0) is 16.8. The Morgan fingerprint density at radius 3 is 2.35 bits per heavy atom. The lowest BCUT2D eigenvalue weighted by atomic mass is 9.70. The molecule has 1 saturated heterocycles. The third kappa shape index (κ3) is 3.21. The van der Waals surface area contributed by atoms with E-state index in [0.29, 0.717) is 30.2 Å². The van der Waals surface area contributed by atoms with Crippen LogP contribution in [0, 0.1) is 16.7 Å².